The zero-order valence-electron chi connectivity index (χ0n) is 12.0. The summed E-state index contributed by atoms with van der Waals surface area (Å²) in [5.41, 5.74) is 1.38. The lowest BCUT2D eigenvalue weighted by molar-refractivity contribution is -0.151. The molecule has 0 bridgehead atoms. The first-order chi connectivity index (χ1) is 9.44. The van der Waals surface area contributed by atoms with E-state index in [1.54, 1.807) is 6.07 Å². The fourth-order valence-corrected chi connectivity index (χ4v) is 3.13. The van der Waals surface area contributed by atoms with Crippen molar-refractivity contribution in [3.63, 3.8) is 0 Å². The van der Waals surface area contributed by atoms with Gasteiger partial charge in [0.2, 0.25) is 0 Å². The van der Waals surface area contributed by atoms with Crippen LogP contribution in [0.1, 0.15) is 37.8 Å². The molecule has 20 heavy (non-hydrogen) atoms. The van der Waals surface area contributed by atoms with Gasteiger partial charge in [0.05, 0.1) is 11.6 Å². The van der Waals surface area contributed by atoms with E-state index in [2.05, 4.69) is 6.07 Å². The van der Waals surface area contributed by atoms with E-state index in [1.807, 2.05) is 36.9 Å². The summed E-state index contributed by atoms with van der Waals surface area (Å²) in [5, 5.41) is 18.5. The first-order valence-corrected chi connectivity index (χ1v) is 6.90. The van der Waals surface area contributed by atoms with Crippen LogP contribution in [0.15, 0.2) is 24.3 Å². The van der Waals surface area contributed by atoms with Gasteiger partial charge in [-0.15, -0.1) is 0 Å². The molecular formula is C16H20N2O2. The summed E-state index contributed by atoms with van der Waals surface area (Å²) in [7, 11) is 0. The largest absolute Gasteiger partial charge is 0.480 e. The predicted octanol–water partition coefficient (Wildman–Crippen LogP) is 2.63. The van der Waals surface area contributed by atoms with Crippen molar-refractivity contribution in [2.45, 2.75) is 39.3 Å². The van der Waals surface area contributed by atoms with E-state index >= 15 is 0 Å². The first-order valence-electron chi connectivity index (χ1n) is 6.90. The highest BCUT2D eigenvalue weighted by atomic mass is 16.4. The van der Waals surface area contributed by atoms with Crippen molar-refractivity contribution in [2.24, 2.45) is 5.41 Å². The number of carboxylic acid groups (broad SMARTS) is 1. The van der Waals surface area contributed by atoms with Gasteiger partial charge in [-0.3, -0.25) is 9.69 Å². The first kappa shape index (κ1) is 14.5. The fourth-order valence-electron chi connectivity index (χ4n) is 3.13. The van der Waals surface area contributed by atoms with E-state index < -0.39 is 12.0 Å². The number of benzene rings is 1. The van der Waals surface area contributed by atoms with Gasteiger partial charge in [-0.05, 0) is 42.5 Å². The van der Waals surface area contributed by atoms with E-state index in [0.717, 1.165) is 24.9 Å². The van der Waals surface area contributed by atoms with Crippen LogP contribution in [-0.4, -0.2) is 28.6 Å². The summed E-state index contributed by atoms with van der Waals surface area (Å²) in [5.74, 6) is -0.758. The number of nitrogens with zero attached hydrogens (tertiary/aromatic N) is 2. The number of carbonyl (C=O) groups is 1. The van der Waals surface area contributed by atoms with E-state index in [4.69, 9.17) is 5.26 Å². The molecule has 1 aromatic carbocycles. The molecule has 0 amide bonds. The molecule has 4 nitrogen and oxygen atoms in total. The average Bonchev–Trinajstić information content (AvgIpc) is 2.37. The monoisotopic (exact) mass is 272 g/mol. The van der Waals surface area contributed by atoms with Gasteiger partial charge in [0, 0.05) is 6.54 Å². The maximum Gasteiger partial charge on any atom is 0.321 e. The Morgan fingerprint density at radius 2 is 2.30 bits per heavy atom. The third-order valence-electron chi connectivity index (χ3n) is 4.05. The van der Waals surface area contributed by atoms with Crippen molar-refractivity contribution in [1.82, 2.24) is 4.90 Å². The van der Waals surface area contributed by atoms with Gasteiger partial charge in [-0.25, -0.2) is 0 Å². The zero-order valence-corrected chi connectivity index (χ0v) is 12.0. The zero-order chi connectivity index (χ0) is 14.8. The molecule has 1 aromatic rings. The molecule has 1 atom stereocenters. The van der Waals surface area contributed by atoms with Gasteiger partial charge in [-0.2, -0.15) is 5.26 Å². The molecule has 1 aliphatic heterocycles. The highest BCUT2D eigenvalue weighted by Crippen LogP contribution is 2.36. The van der Waals surface area contributed by atoms with Gasteiger partial charge < -0.3 is 5.11 Å². The number of hydrogen-bond acceptors (Lipinski definition) is 3. The van der Waals surface area contributed by atoms with Crippen LogP contribution in [0.4, 0.5) is 0 Å². The lowest BCUT2D eigenvalue weighted by atomic mass is 9.76. The summed E-state index contributed by atoms with van der Waals surface area (Å²) < 4.78 is 0. The molecule has 0 aliphatic carbocycles. The Morgan fingerprint density at radius 1 is 1.55 bits per heavy atom. The second kappa shape index (κ2) is 5.64. The van der Waals surface area contributed by atoms with Crippen molar-refractivity contribution in [1.29, 1.82) is 5.26 Å². The van der Waals surface area contributed by atoms with Gasteiger partial charge in [0.25, 0.3) is 0 Å². The normalized spacial score (nSPS) is 22.1. The van der Waals surface area contributed by atoms with Crippen LogP contribution in [0.2, 0.25) is 0 Å². The highest BCUT2D eigenvalue weighted by Gasteiger charge is 2.42. The summed E-state index contributed by atoms with van der Waals surface area (Å²) >= 11 is 0. The number of hydrogen-bond donors (Lipinski definition) is 1. The standard InChI is InChI=1S/C16H20N2O2/c1-16(2)7-4-8-18(14(16)15(19)20)11-13-6-3-5-12(9-13)10-17/h3,5-6,9,14H,4,7-8,11H2,1-2H3,(H,19,20). The smallest absolute Gasteiger partial charge is 0.321 e. The molecule has 1 unspecified atom stereocenters. The molecule has 0 radical (unpaired) electrons. The molecule has 0 saturated carbocycles. The molecule has 1 heterocycles. The van der Waals surface area contributed by atoms with Crippen LogP contribution >= 0.6 is 0 Å². The van der Waals surface area contributed by atoms with Crippen molar-refractivity contribution in [2.75, 3.05) is 6.54 Å². The SMILES string of the molecule is CC1(C)CCCN(Cc2cccc(C#N)c2)C1C(=O)O. The summed E-state index contributed by atoms with van der Waals surface area (Å²) in [6.45, 7) is 5.40. The maximum absolute atomic E-state index is 11.6. The number of nitriles is 1. The minimum Gasteiger partial charge on any atom is -0.480 e. The molecule has 0 spiro atoms. The van der Waals surface area contributed by atoms with E-state index in [-0.39, 0.29) is 5.41 Å². The number of carboxylic acids is 1. The molecule has 1 N–H and O–H groups in total. The summed E-state index contributed by atoms with van der Waals surface area (Å²) in [4.78, 5) is 13.6. The van der Waals surface area contributed by atoms with Crippen LogP contribution in [-0.2, 0) is 11.3 Å². The third-order valence-corrected chi connectivity index (χ3v) is 4.05. The molecule has 1 aliphatic rings. The minimum absolute atomic E-state index is 0.225. The quantitative estimate of drug-likeness (QED) is 0.918. The minimum atomic E-state index is -0.758. The third kappa shape index (κ3) is 3.00. The van der Waals surface area contributed by atoms with Gasteiger partial charge in [-0.1, -0.05) is 26.0 Å². The van der Waals surface area contributed by atoms with Gasteiger partial charge in [0.15, 0.2) is 0 Å². The lowest BCUT2D eigenvalue weighted by Gasteiger charge is -2.44. The van der Waals surface area contributed by atoms with Crippen LogP contribution in [0.25, 0.3) is 0 Å². The summed E-state index contributed by atoms with van der Waals surface area (Å²) in [6, 6.07) is 9.04. The van der Waals surface area contributed by atoms with Crippen molar-refractivity contribution in [3.05, 3.63) is 35.4 Å². The Kier molecular flexibility index (Phi) is 4.10. The van der Waals surface area contributed by atoms with Crippen molar-refractivity contribution in [3.8, 4) is 6.07 Å². The Morgan fingerprint density at radius 3 is 2.95 bits per heavy atom. The molecular weight excluding hydrogens is 252 g/mol. The Balaban J connectivity index is 2.22. The second-order valence-electron chi connectivity index (χ2n) is 6.12. The molecule has 4 heteroatoms. The number of likely N-dealkylation sites (tertiary alicyclic amines) is 1. The molecule has 106 valence electrons. The Bertz CT molecular complexity index is 546. The lowest BCUT2D eigenvalue weighted by Crippen LogP contribution is -2.53. The average molecular weight is 272 g/mol. The Labute approximate surface area is 119 Å². The Hall–Kier alpha value is -1.86. The molecule has 0 aromatic heterocycles. The van der Waals surface area contributed by atoms with E-state index in [1.165, 1.54) is 0 Å². The predicted molar refractivity (Wildman–Crippen MR) is 76.0 cm³/mol. The van der Waals surface area contributed by atoms with E-state index in [9.17, 15) is 9.90 Å². The fraction of sp³-hybridized carbons (Fsp3) is 0.500. The molecule has 1 saturated heterocycles. The molecule has 2 rings (SSSR count). The number of aliphatic carboxylic acids is 1. The van der Waals surface area contributed by atoms with Crippen LogP contribution < -0.4 is 0 Å². The molecule has 1 fully saturated rings. The van der Waals surface area contributed by atoms with Crippen LogP contribution in [0.3, 0.4) is 0 Å². The van der Waals surface area contributed by atoms with E-state index in [0.29, 0.717) is 12.1 Å². The topological polar surface area (TPSA) is 64.3 Å². The second-order valence-corrected chi connectivity index (χ2v) is 6.12. The summed E-state index contributed by atoms with van der Waals surface area (Å²) in [6.07, 6.45) is 1.94. The van der Waals surface area contributed by atoms with Crippen molar-refractivity contribution < 1.29 is 9.90 Å². The van der Waals surface area contributed by atoms with Gasteiger partial charge in [0.1, 0.15) is 6.04 Å². The maximum atomic E-state index is 11.6. The highest BCUT2D eigenvalue weighted by molar-refractivity contribution is 5.74. The van der Waals surface area contributed by atoms with Gasteiger partial charge >= 0.3 is 5.97 Å². The van der Waals surface area contributed by atoms with Crippen LogP contribution in [0.5, 0.6) is 0 Å². The number of rotatable bonds is 3. The van der Waals surface area contributed by atoms with Crippen molar-refractivity contribution >= 4 is 5.97 Å². The number of piperidine rings is 1. The van der Waals surface area contributed by atoms with Crippen LogP contribution in [0, 0.1) is 16.7 Å².